The molecule has 0 aliphatic rings. The molecular weight excluding hydrogens is 288 g/mol. The van der Waals surface area contributed by atoms with E-state index in [-0.39, 0.29) is 6.03 Å². The van der Waals surface area contributed by atoms with Crippen molar-refractivity contribution in [1.82, 2.24) is 5.32 Å². The number of hydrogen-bond donors (Lipinski definition) is 2. The number of benzene rings is 2. The van der Waals surface area contributed by atoms with Crippen molar-refractivity contribution in [2.75, 3.05) is 18.5 Å². The number of carbonyl (C=O) groups excluding carboxylic acids is 1. The Morgan fingerprint density at radius 2 is 1.91 bits per heavy atom. The highest BCUT2D eigenvalue weighted by atomic mass is 16.5. The first-order chi connectivity index (χ1) is 11.1. The normalized spacial score (nSPS) is 9.96. The van der Waals surface area contributed by atoms with Crippen LogP contribution in [0.1, 0.15) is 12.5 Å². The second-order valence-corrected chi connectivity index (χ2v) is 5.39. The smallest absolute Gasteiger partial charge is 0.319 e. The van der Waals surface area contributed by atoms with Gasteiger partial charge in [-0.1, -0.05) is 43.0 Å². The number of amides is 2. The Balaban J connectivity index is 1.78. The molecule has 0 unspecified atom stereocenters. The van der Waals surface area contributed by atoms with Crippen molar-refractivity contribution in [2.24, 2.45) is 0 Å². The van der Waals surface area contributed by atoms with Crippen molar-refractivity contribution in [1.29, 1.82) is 0 Å². The van der Waals surface area contributed by atoms with Gasteiger partial charge in [0.2, 0.25) is 0 Å². The summed E-state index contributed by atoms with van der Waals surface area (Å²) in [5.74, 6) is 0.704. The van der Waals surface area contributed by atoms with E-state index in [2.05, 4.69) is 17.2 Å². The van der Waals surface area contributed by atoms with E-state index < -0.39 is 0 Å². The maximum Gasteiger partial charge on any atom is 0.319 e. The minimum Gasteiger partial charge on any atom is -0.489 e. The Bertz CT molecular complexity index is 653. The van der Waals surface area contributed by atoms with Gasteiger partial charge in [-0.25, -0.2) is 4.79 Å². The molecule has 0 heterocycles. The fourth-order valence-corrected chi connectivity index (χ4v) is 2.01. The number of carbonyl (C=O) groups is 1. The summed E-state index contributed by atoms with van der Waals surface area (Å²) in [7, 11) is 0. The zero-order chi connectivity index (χ0) is 16.5. The molecule has 0 bridgehead atoms. The highest BCUT2D eigenvalue weighted by molar-refractivity contribution is 5.89. The van der Waals surface area contributed by atoms with Crippen LogP contribution in [-0.4, -0.2) is 19.2 Å². The third-order valence-corrected chi connectivity index (χ3v) is 3.12. The summed E-state index contributed by atoms with van der Waals surface area (Å²) in [5, 5.41) is 5.65. The molecule has 2 N–H and O–H groups in total. The molecule has 0 atom stereocenters. The molecule has 23 heavy (non-hydrogen) atoms. The molecule has 4 heteroatoms. The average Bonchev–Trinajstić information content (AvgIpc) is 2.54. The Kier molecular flexibility index (Phi) is 6.24. The fourth-order valence-electron chi connectivity index (χ4n) is 2.01. The number of anilines is 1. The largest absolute Gasteiger partial charge is 0.489 e. The van der Waals surface area contributed by atoms with Gasteiger partial charge in [0.05, 0.1) is 0 Å². The molecule has 0 aliphatic heterocycles. The first kappa shape index (κ1) is 16.6. The number of rotatable bonds is 7. The highest BCUT2D eigenvalue weighted by Gasteiger charge is 2.03. The van der Waals surface area contributed by atoms with E-state index in [1.807, 2.05) is 55.5 Å². The predicted molar refractivity (Wildman–Crippen MR) is 93.9 cm³/mol. The van der Waals surface area contributed by atoms with Crippen LogP contribution in [0.3, 0.4) is 0 Å². The van der Waals surface area contributed by atoms with E-state index >= 15 is 0 Å². The monoisotopic (exact) mass is 310 g/mol. The van der Waals surface area contributed by atoms with E-state index in [0.29, 0.717) is 24.6 Å². The van der Waals surface area contributed by atoms with Crippen molar-refractivity contribution in [3.05, 3.63) is 72.3 Å². The Morgan fingerprint density at radius 1 is 1.13 bits per heavy atom. The molecule has 0 spiro atoms. The van der Waals surface area contributed by atoms with Crippen molar-refractivity contribution >= 4 is 11.7 Å². The topological polar surface area (TPSA) is 50.4 Å². The average molecular weight is 310 g/mol. The molecule has 0 saturated carbocycles. The maximum atomic E-state index is 11.9. The number of ether oxygens (including phenoxy) is 1. The molecule has 120 valence electrons. The van der Waals surface area contributed by atoms with Gasteiger partial charge in [-0.2, -0.15) is 0 Å². The minimum atomic E-state index is -0.224. The second-order valence-electron chi connectivity index (χ2n) is 5.39. The van der Waals surface area contributed by atoms with Gasteiger partial charge in [0.15, 0.2) is 0 Å². The highest BCUT2D eigenvalue weighted by Crippen LogP contribution is 2.17. The molecule has 2 aromatic rings. The van der Waals surface area contributed by atoms with E-state index in [1.165, 1.54) is 5.56 Å². The number of hydrogen-bond acceptors (Lipinski definition) is 2. The third kappa shape index (κ3) is 6.26. The van der Waals surface area contributed by atoms with Crippen molar-refractivity contribution in [3.63, 3.8) is 0 Å². The summed E-state index contributed by atoms with van der Waals surface area (Å²) in [5.41, 5.74) is 2.84. The van der Waals surface area contributed by atoms with Gasteiger partial charge in [0.25, 0.3) is 0 Å². The van der Waals surface area contributed by atoms with E-state index in [9.17, 15) is 4.79 Å². The summed E-state index contributed by atoms with van der Waals surface area (Å²) in [6.07, 6.45) is 0.802. The van der Waals surface area contributed by atoms with Gasteiger partial charge in [0, 0.05) is 18.3 Å². The maximum absolute atomic E-state index is 11.9. The van der Waals surface area contributed by atoms with Gasteiger partial charge < -0.3 is 15.4 Å². The molecule has 2 amide bonds. The molecular formula is C19H22N2O2. The second kappa shape index (κ2) is 8.63. The van der Waals surface area contributed by atoms with Crippen LogP contribution < -0.4 is 15.4 Å². The van der Waals surface area contributed by atoms with Gasteiger partial charge in [-0.15, -0.1) is 0 Å². The lowest BCUT2D eigenvalue weighted by Gasteiger charge is -2.10. The Labute approximate surface area is 137 Å². The van der Waals surface area contributed by atoms with E-state index in [1.54, 1.807) is 6.07 Å². The first-order valence-electron chi connectivity index (χ1n) is 7.59. The zero-order valence-electron chi connectivity index (χ0n) is 13.3. The van der Waals surface area contributed by atoms with Crippen LogP contribution in [0.15, 0.2) is 66.7 Å². The summed E-state index contributed by atoms with van der Waals surface area (Å²) in [6.45, 7) is 6.75. The quantitative estimate of drug-likeness (QED) is 0.759. The third-order valence-electron chi connectivity index (χ3n) is 3.12. The summed E-state index contributed by atoms with van der Waals surface area (Å²) >= 11 is 0. The Hall–Kier alpha value is -2.75. The molecule has 4 nitrogen and oxygen atoms in total. The van der Waals surface area contributed by atoms with Crippen LogP contribution in [0.4, 0.5) is 10.5 Å². The van der Waals surface area contributed by atoms with Gasteiger partial charge in [-0.05, 0) is 36.6 Å². The van der Waals surface area contributed by atoms with Gasteiger partial charge in [-0.3, -0.25) is 0 Å². The van der Waals surface area contributed by atoms with Crippen LogP contribution in [0.5, 0.6) is 5.75 Å². The first-order valence-corrected chi connectivity index (χ1v) is 7.59. The Morgan fingerprint density at radius 3 is 2.65 bits per heavy atom. The van der Waals surface area contributed by atoms with E-state index in [4.69, 9.17) is 4.74 Å². The van der Waals surface area contributed by atoms with E-state index in [0.717, 1.165) is 12.0 Å². The van der Waals surface area contributed by atoms with Crippen LogP contribution in [0.25, 0.3) is 0 Å². The lowest BCUT2D eigenvalue weighted by atomic mass is 10.1. The van der Waals surface area contributed by atoms with Gasteiger partial charge in [0.1, 0.15) is 12.4 Å². The van der Waals surface area contributed by atoms with Crippen molar-refractivity contribution < 1.29 is 9.53 Å². The fraction of sp³-hybridized carbons (Fsp3) is 0.211. The SMILES string of the molecule is C=C(C)COc1cccc(NC(=O)NCCc2ccccc2)c1. The molecule has 0 radical (unpaired) electrons. The van der Waals surface area contributed by atoms with Crippen LogP contribution in [-0.2, 0) is 6.42 Å². The van der Waals surface area contributed by atoms with Gasteiger partial charge >= 0.3 is 6.03 Å². The summed E-state index contributed by atoms with van der Waals surface area (Å²) < 4.78 is 5.56. The lowest BCUT2D eigenvalue weighted by Crippen LogP contribution is -2.30. The molecule has 0 aliphatic carbocycles. The molecule has 2 rings (SSSR count). The van der Waals surface area contributed by atoms with Crippen LogP contribution in [0.2, 0.25) is 0 Å². The molecule has 0 aromatic heterocycles. The molecule has 0 saturated heterocycles. The number of nitrogens with one attached hydrogen (secondary N) is 2. The van der Waals surface area contributed by atoms with Crippen LogP contribution in [0, 0.1) is 0 Å². The minimum absolute atomic E-state index is 0.224. The summed E-state index contributed by atoms with van der Waals surface area (Å²) in [6, 6.07) is 17.1. The van der Waals surface area contributed by atoms with Crippen molar-refractivity contribution in [2.45, 2.75) is 13.3 Å². The van der Waals surface area contributed by atoms with Crippen LogP contribution >= 0.6 is 0 Å². The zero-order valence-corrected chi connectivity index (χ0v) is 13.3. The summed E-state index contributed by atoms with van der Waals surface area (Å²) in [4.78, 5) is 11.9. The predicted octanol–water partition coefficient (Wildman–Crippen LogP) is 4.01. The standard InChI is InChI=1S/C19H22N2O2/c1-15(2)14-23-18-10-6-9-17(13-18)21-19(22)20-12-11-16-7-4-3-5-8-16/h3-10,13H,1,11-12,14H2,2H3,(H2,20,21,22). The number of urea groups is 1. The molecule has 2 aromatic carbocycles. The lowest BCUT2D eigenvalue weighted by molar-refractivity contribution is 0.252. The van der Waals surface area contributed by atoms with Crippen molar-refractivity contribution in [3.8, 4) is 5.75 Å². The molecule has 0 fully saturated rings.